The van der Waals surface area contributed by atoms with Crippen LogP contribution in [-0.2, 0) is 5.88 Å². The molecule has 1 aliphatic heterocycles. The van der Waals surface area contributed by atoms with Crippen LogP contribution in [0.4, 0.5) is 5.82 Å². The summed E-state index contributed by atoms with van der Waals surface area (Å²) >= 11 is 12.1. The first-order valence-corrected chi connectivity index (χ1v) is 7.61. The second-order valence-corrected chi connectivity index (χ2v) is 5.68. The van der Waals surface area contributed by atoms with Crippen molar-refractivity contribution in [1.29, 1.82) is 0 Å². The zero-order chi connectivity index (χ0) is 13.0. The molecule has 18 heavy (non-hydrogen) atoms. The number of alkyl halides is 1. The molecule has 1 saturated heterocycles. The molecule has 0 aliphatic carbocycles. The standard InChI is InChI=1S/C14H20Cl2N2/c1-2-3-11-4-6-18(7-5-11)14-13(16)8-12(9-15)10-17-14/h8,10-11H,2-7,9H2,1H3. The van der Waals surface area contributed by atoms with Gasteiger partial charge in [-0.1, -0.05) is 31.4 Å². The molecule has 1 aliphatic rings. The maximum Gasteiger partial charge on any atom is 0.147 e. The zero-order valence-electron chi connectivity index (χ0n) is 10.8. The maximum atomic E-state index is 6.28. The fourth-order valence-corrected chi connectivity index (χ4v) is 3.07. The molecule has 0 amide bonds. The van der Waals surface area contributed by atoms with Crippen molar-refractivity contribution in [3.8, 4) is 0 Å². The van der Waals surface area contributed by atoms with Crippen molar-refractivity contribution in [2.75, 3.05) is 18.0 Å². The number of rotatable bonds is 4. The first-order chi connectivity index (χ1) is 8.74. The van der Waals surface area contributed by atoms with Crippen molar-refractivity contribution in [3.63, 3.8) is 0 Å². The summed E-state index contributed by atoms with van der Waals surface area (Å²) in [6.45, 7) is 4.39. The molecule has 0 unspecified atom stereocenters. The Morgan fingerprint density at radius 3 is 2.67 bits per heavy atom. The van der Waals surface area contributed by atoms with Crippen LogP contribution in [0.2, 0.25) is 5.02 Å². The number of halogens is 2. The highest BCUT2D eigenvalue weighted by atomic mass is 35.5. The Balaban J connectivity index is 2.01. The molecular weight excluding hydrogens is 267 g/mol. The third-order valence-electron chi connectivity index (χ3n) is 3.64. The van der Waals surface area contributed by atoms with Crippen molar-refractivity contribution in [2.24, 2.45) is 5.92 Å². The van der Waals surface area contributed by atoms with Gasteiger partial charge in [0.05, 0.1) is 5.02 Å². The summed E-state index contributed by atoms with van der Waals surface area (Å²) < 4.78 is 0. The summed E-state index contributed by atoms with van der Waals surface area (Å²) in [5.74, 6) is 2.26. The van der Waals surface area contributed by atoms with Gasteiger partial charge in [0.1, 0.15) is 5.82 Å². The number of nitrogens with zero attached hydrogens (tertiary/aromatic N) is 2. The van der Waals surface area contributed by atoms with Gasteiger partial charge < -0.3 is 4.90 Å². The molecule has 0 atom stereocenters. The minimum Gasteiger partial charge on any atom is -0.355 e. The van der Waals surface area contributed by atoms with Crippen molar-refractivity contribution < 1.29 is 0 Å². The van der Waals surface area contributed by atoms with Crippen LogP contribution in [0.25, 0.3) is 0 Å². The number of anilines is 1. The van der Waals surface area contributed by atoms with E-state index in [1.54, 1.807) is 0 Å². The zero-order valence-corrected chi connectivity index (χ0v) is 12.3. The molecule has 0 aromatic carbocycles. The van der Waals surface area contributed by atoms with Gasteiger partial charge in [0, 0.05) is 25.2 Å². The van der Waals surface area contributed by atoms with E-state index in [1.165, 1.54) is 25.7 Å². The Hall–Kier alpha value is -0.470. The van der Waals surface area contributed by atoms with E-state index in [9.17, 15) is 0 Å². The Bertz CT molecular complexity index is 387. The van der Waals surface area contributed by atoms with Gasteiger partial charge in [-0.3, -0.25) is 0 Å². The molecule has 2 heterocycles. The molecule has 0 saturated carbocycles. The van der Waals surface area contributed by atoms with Gasteiger partial charge in [0.2, 0.25) is 0 Å². The van der Waals surface area contributed by atoms with E-state index in [1.807, 2.05) is 12.3 Å². The van der Waals surface area contributed by atoms with E-state index in [0.29, 0.717) is 5.88 Å². The lowest BCUT2D eigenvalue weighted by molar-refractivity contribution is 0.377. The van der Waals surface area contributed by atoms with Crippen LogP contribution in [-0.4, -0.2) is 18.1 Å². The minimum absolute atomic E-state index is 0.464. The Morgan fingerprint density at radius 2 is 2.11 bits per heavy atom. The first-order valence-electron chi connectivity index (χ1n) is 6.70. The highest BCUT2D eigenvalue weighted by molar-refractivity contribution is 6.33. The van der Waals surface area contributed by atoms with Crippen molar-refractivity contribution in [2.45, 2.75) is 38.5 Å². The average Bonchev–Trinajstić information content (AvgIpc) is 2.40. The van der Waals surface area contributed by atoms with E-state index in [-0.39, 0.29) is 0 Å². The predicted molar refractivity (Wildman–Crippen MR) is 78.6 cm³/mol. The molecule has 0 bridgehead atoms. The molecule has 100 valence electrons. The fourth-order valence-electron chi connectivity index (χ4n) is 2.62. The van der Waals surface area contributed by atoms with Gasteiger partial charge in [-0.25, -0.2) is 4.98 Å². The molecule has 0 spiro atoms. The van der Waals surface area contributed by atoms with Crippen LogP contribution in [0.1, 0.15) is 38.2 Å². The predicted octanol–water partition coefficient (Wildman–Crippen LogP) is 4.49. The van der Waals surface area contributed by atoms with E-state index < -0.39 is 0 Å². The van der Waals surface area contributed by atoms with Crippen LogP contribution in [0, 0.1) is 5.92 Å². The third-order valence-corrected chi connectivity index (χ3v) is 4.23. The van der Waals surface area contributed by atoms with Crippen LogP contribution in [0.3, 0.4) is 0 Å². The molecule has 1 aromatic rings. The second-order valence-electron chi connectivity index (χ2n) is 5.00. The van der Waals surface area contributed by atoms with Gasteiger partial charge in [0.15, 0.2) is 0 Å². The van der Waals surface area contributed by atoms with Crippen LogP contribution < -0.4 is 4.90 Å². The second kappa shape index (κ2) is 6.63. The summed E-state index contributed by atoms with van der Waals surface area (Å²) in [5, 5.41) is 0.724. The Labute approximate surface area is 119 Å². The molecule has 2 nitrogen and oxygen atoms in total. The van der Waals surface area contributed by atoms with Gasteiger partial charge >= 0.3 is 0 Å². The molecular formula is C14H20Cl2N2. The number of hydrogen-bond acceptors (Lipinski definition) is 2. The third kappa shape index (κ3) is 3.30. The Morgan fingerprint density at radius 1 is 1.39 bits per heavy atom. The normalized spacial score (nSPS) is 17.2. The average molecular weight is 287 g/mol. The van der Waals surface area contributed by atoms with Crippen molar-refractivity contribution >= 4 is 29.0 Å². The monoisotopic (exact) mass is 286 g/mol. The van der Waals surface area contributed by atoms with Gasteiger partial charge in [-0.05, 0) is 30.4 Å². The first kappa shape index (κ1) is 14.0. The molecule has 4 heteroatoms. The van der Waals surface area contributed by atoms with Gasteiger partial charge in [0.25, 0.3) is 0 Å². The number of piperidine rings is 1. The van der Waals surface area contributed by atoms with E-state index in [2.05, 4.69) is 16.8 Å². The van der Waals surface area contributed by atoms with E-state index >= 15 is 0 Å². The van der Waals surface area contributed by atoms with Gasteiger partial charge in [-0.2, -0.15) is 0 Å². The molecule has 0 N–H and O–H groups in total. The lowest BCUT2D eigenvalue weighted by Crippen LogP contribution is -2.34. The summed E-state index contributed by atoms with van der Waals surface area (Å²) in [6, 6.07) is 1.93. The summed E-state index contributed by atoms with van der Waals surface area (Å²) in [7, 11) is 0. The molecule has 1 aromatic heterocycles. The maximum absolute atomic E-state index is 6.28. The van der Waals surface area contributed by atoms with Crippen molar-refractivity contribution in [1.82, 2.24) is 4.98 Å². The SMILES string of the molecule is CCCC1CCN(c2ncc(CCl)cc2Cl)CC1. The molecule has 0 radical (unpaired) electrons. The largest absolute Gasteiger partial charge is 0.355 e. The minimum atomic E-state index is 0.464. The Kier molecular flexibility index (Phi) is 5.13. The fraction of sp³-hybridized carbons (Fsp3) is 0.643. The van der Waals surface area contributed by atoms with Crippen LogP contribution in [0.5, 0.6) is 0 Å². The summed E-state index contributed by atoms with van der Waals surface area (Å²) in [6.07, 6.45) is 6.97. The topological polar surface area (TPSA) is 16.1 Å². The summed E-state index contributed by atoms with van der Waals surface area (Å²) in [4.78, 5) is 6.75. The van der Waals surface area contributed by atoms with Crippen molar-refractivity contribution in [3.05, 3.63) is 22.8 Å². The van der Waals surface area contributed by atoms with Gasteiger partial charge in [-0.15, -0.1) is 11.6 Å². The quantitative estimate of drug-likeness (QED) is 0.758. The number of hydrogen-bond donors (Lipinski definition) is 0. The van der Waals surface area contributed by atoms with E-state index in [4.69, 9.17) is 23.2 Å². The smallest absolute Gasteiger partial charge is 0.147 e. The number of aromatic nitrogens is 1. The molecule has 1 fully saturated rings. The van der Waals surface area contributed by atoms with Crippen LogP contribution >= 0.6 is 23.2 Å². The van der Waals surface area contributed by atoms with Crippen LogP contribution in [0.15, 0.2) is 12.3 Å². The highest BCUT2D eigenvalue weighted by Gasteiger charge is 2.21. The molecule has 2 rings (SSSR count). The van der Waals surface area contributed by atoms with E-state index in [0.717, 1.165) is 35.4 Å². The lowest BCUT2D eigenvalue weighted by atomic mass is 9.92. The summed E-state index contributed by atoms with van der Waals surface area (Å²) in [5.41, 5.74) is 0.978. The number of pyridine rings is 1. The lowest BCUT2D eigenvalue weighted by Gasteiger charge is -2.33. The highest BCUT2D eigenvalue weighted by Crippen LogP contribution is 2.29.